The molecule has 3 aromatic rings. The third-order valence-electron chi connectivity index (χ3n) is 3.39. The second kappa shape index (κ2) is 7.72. The van der Waals surface area contributed by atoms with Gasteiger partial charge in [-0.15, -0.1) is 0 Å². The highest BCUT2D eigenvalue weighted by atomic mass is 35.5. The zero-order valence-corrected chi connectivity index (χ0v) is 14.5. The summed E-state index contributed by atoms with van der Waals surface area (Å²) in [6.07, 6.45) is 3.41. The number of anilines is 2. The van der Waals surface area contributed by atoms with Crippen molar-refractivity contribution in [1.29, 1.82) is 0 Å². The largest absolute Gasteiger partial charge is 0.399 e. The van der Waals surface area contributed by atoms with Gasteiger partial charge >= 0.3 is 0 Å². The van der Waals surface area contributed by atoms with Crippen molar-refractivity contribution in [3.8, 4) is 11.3 Å². The average Bonchev–Trinajstić information content (AvgIpc) is 2.62. The molecular formula is C18H16ClN5O. The van der Waals surface area contributed by atoms with E-state index >= 15 is 0 Å². The molecule has 1 N–H and O–H groups in total. The van der Waals surface area contributed by atoms with Crippen LogP contribution in [0.4, 0.5) is 11.6 Å². The van der Waals surface area contributed by atoms with Gasteiger partial charge in [-0.25, -0.2) is 9.97 Å². The van der Waals surface area contributed by atoms with E-state index in [1.54, 1.807) is 12.4 Å². The minimum absolute atomic E-state index is 0.486. The summed E-state index contributed by atoms with van der Waals surface area (Å²) in [5.74, 6) is 0.486. The average molecular weight is 354 g/mol. The van der Waals surface area contributed by atoms with Crippen LogP contribution >= 0.6 is 11.6 Å². The first-order chi connectivity index (χ1) is 12.2. The first-order valence-electron chi connectivity index (χ1n) is 7.56. The number of aromatic nitrogens is 3. The van der Waals surface area contributed by atoms with Crippen molar-refractivity contribution >= 4 is 28.9 Å². The minimum atomic E-state index is 0.486. The summed E-state index contributed by atoms with van der Waals surface area (Å²) in [6.45, 7) is 1.84. The predicted molar refractivity (Wildman–Crippen MR) is 99.2 cm³/mol. The van der Waals surface area contributed by atoms with E-state index in [9.17, 15) is 0 Å². The van der Waals surface area contributed by atoms with E-state index in [1.807, 2.05) is 49.4 Å². The van der Waals surface area contributed by atoms with Crippen molar-refractivity contribution in [2.24, 2.45) is 5.16 Å². The fraction of sp³-hybridized carbons (Fsp3) is 0.111. The predicted octanol–water partition coefficient (Wildman–Crippen LogP) is 4.31. The van der Waals surface area contributed by atoms with Gasteiger partial charge in [0.15, 0.2) is 0 Å². The maximum absolute atomic E-state index is 6.00. The smallest absolute Gasteiger partial charge is 0.227 e. The van der Waals surface area contributed by atoms with Crippen molar-refractivity contribution < 1.29 is 4.84 Å². The van der Waals surface area contributed by atoms with Crippen LogP contribution in [0.3, 0.4) is 0 Å². The molecule has 7 heteroatoms. The second-order valence-electron chi connectivity index (χ2n) is 5.19. The Hall–Kier alpha value is -2.99. The van der Waals surface area contributed by atoms with Gasteiger partial charge in [0.1, 0.15) is 12.8 Å². The van der Waals surface area contributed by atoms with Gasteiger partial charge in [-0.1, -0.05) is 22.8 Å². The molecule has 2 heterocycles. The topological polar surface area (TPSA) is 72.3 Å². The van der Waals surface area contributed by atoms with Gasteiger partial charge < -0.3 is 10.2 Å². The highest BCUT2D eigenvalue weighted by molar-refractivity contribution is 6.30. The second-order valence-corrected chi connectivity index (χ2v) is 5.63. The molecule has 25 heavy (non-hydrogen) atoms. The van der Waals surface area contributed by atoms with Gasteiger partial charge in [0.05, 0.1) is 11.4 Å². The molecule has 6 nitrogen and oxygen atoms in total. The maximum atomic E-state index is 6.00. The number of benzene rings is 1. The molecule has 0 spiro atoms. The Kier molecular flexibility index (Phi) is 5.20. The lowest BCUT2D eigenvalue weighted by atomic mass is 10.1. The number of nitrogens with one attached hydrogen (secondary N) is 1. The maximum Gasteiger partial charge on any atom is 0.227 e. The lowest BCUT2D eigenvalue weighted by Crippen LogP contribution is -2.01. The van der Waals surface area contributed by atoms with Gasteiger partial charge in [0.2, 0.25) is 5.95 Å². The van der Waals surface area contributed by atoms with Crippen molar-refractivity contribution in [1.82, 2.24) is 15.0 Å². The summed E-state index contributed by atoms with van der Waals surface area (Å²) in [7, 11) is 1.51. The van der Waals surface area contributed by atoms with Crippen LogP contribution in [0.2, 0.25) is 5.02 Å². The lowest BCUT2D eigenvalue weighted by molar-refractivity contribution is 0.213. The monoisotopic (exact) mass is 353 g/mol. The molecular weight excluding hydrogens is 338 g/mol. The summed E-state index contributed by atoms with van der Waals surface area (Å²) < 4.78 is 0. The molecule has 126 valence electrons. The van der Waals surface area contributed by atoms with Crippen LogP contribution in [0.1, 0.15) is 12.6 Å². The highest BCUT2D eigenvalue weighted by Gasteiger charge is 2.07. The van der Waals surface area contributed by atoms with Gasteiger partial charge in [-0.2, -0.15) is 0 Å². The molecule has 0 aliphatic carbocycles. The van der Waals surface area contributed by atoms with Crippen molar-refractivity contribution in [2.75, 3.05) is 12.4 Å². The van der Waals surface area contributed by atoms with Crippen LogP contribution < -0.4 is 5.32 Å². The number of hydrogen-bond donors (Lipinski definition) is 1. The van der Waals surface area contributed by atoms with Crippen molar-refractivity contribution in [3.05, 3.63) is 65.6 Å². The van der Waals surface area contributed by atoms with Crippen LogP contribution in [-0.2, 0) is 4.84 Å². The normalized spacial score (nSPS) is 11.2. The van der Waals surface area contributed by atoms with Crippen LogP contribution in [0.25, 0.3) is 11.3 Å². The molecule has 0 aliphatic rings. The third-order valence-corrected chi connectivity index (χ3v) is 3.63. The van der Waals surface area contributed by atoms with Gasteiger partial charge in [-0.05, 0) is 43.3 Å². The number of pyridine rings is 1. The molecule has 0 saturated carbocycles. The van der Waals surface area contributed by atoms with Gasteiger partial charge in [-0.3, -0.25) is 4.98 Å². The Morgan fingerprint density at radius 1 is 1.12 bits per heavy atom. The Balaban J connectivity index is 1.89. The fourth-order valence-electron chi connectivity index (χ4n) is 2.25. The molecule has 0 unspecified atom stereocenters. The van der Waals surface area contributed by atoms with E-state index in [0.717, 1.165) is 22.6 Å². The van der Waals surface area contributed by atoms with Crippen molar-refractivity contribution in [3.63, 3.8) is 0 Å². The van der Waals surface area contributed by atoms with E-state index in [0.29, 0.717) is 16.7 Å². The SMILES string of the molecule is CO/N=C(\C)c1cc(-c2ccnc(Nc3cccc(Cl)c3)n2)ccn1. The molecule has 1 aromatic carbocycles. The summed E-state index contributed by atoms with van der Waals surface area (Å²) in [5, 5.41) is 7.70. The first-order valence-corrected chi connectivity index (χ1v) is 7.93. The molecule has 0 amide bonds. The van der Waals surface area contributed by atoms with E-state index < -0.39 is 0 Å². The Morgan fingerprint density at radius 3 is 2.76 bits per heavy atom. The van der Waals surface area contributed by atoms with E-state index in [4.69, 9.17) is 16.4 Å². The third kappa shape index (κ3) is 4.30. The van der Waals surface area contributed by atoms with E-state index in [1.165, 1.54) is 7.11 Å². The molecule has 0 radical (unpaired) electrons. The Morgan fingerprint density at radius 2 is 1.96 bits per heavy atom. The summed E-state index contributed by atoms with van der Waals surface area (Å²) in [5.41, 5.74) is 3.92. The van der Waals surface area contributed by atoms with Gasteiger partial charge in [0, 0.05) is 28.7 Å². The summed E-state index contributed by atoms with van der Waals surface area (Å²) in [6, 6.07) is 13.0. The molecule has 3 rings (SSSR count). The molecule has 0 aliphatic heterocycles. The molecule has 0 bridgehead atoms. The summed E-state index contributed by atoms with van der Waals surface area (Å²) in [4.78, 5) is 17.9. The Labute approximate surface area is 150 Å². The van der Waals surface area contributed by atoms with Crippen molar-refractivity contribution in [2.45, 2.75) is 6.92 Å². The number of rotatable bonds is 5. The molecule has 0 fully saturated rings. The first kappa shape index (κ1) is 16.9. The van der Waals surface area contributed by atoms with Crippen LogP contribution in [0, 0.1) is 0 Å². The van der Waals surface area contributed by atoms with E-state index in [2.05, 4.69) is 25.4 Å². The number of oxime groups is 1. The highest BCUT2D eigenvalue weighted by Crippen LogP contribution is 2.21. The molecule has 2 aromatic heterocycles. The Bertz CT molecular complexity index is 913. The van der Waals surface area contributed by atoms with E-state index in [-0.39, 0.29) is 0 Å². The quantitative estimate of drug-likeness (QED) is 0.546. The number of nitrogens with zero attached hydrogens (tertiary/aromatic N) is 4. The number of halogens is 1. The van der Waals surface area contributed by atoms with Crippen LogP contribution in [0.15, 0.2) is 60.0 Å². The minimum Gasteiger partial charge on any atom is -0.399 e. The zero-order valence-electron chi connectivity index (χ0n) is 13.8. The zero-order chi connectivity index (χ0) is 17.6. The van der Waals surface area contributed by atoms with Crippen LogP contribution in [0.5, 0.6) is 0 Å². The molecule has 0 atom stereocenters. The molecule has 0 saturated heterocycles. The van der Waals surface area contributed by atoms with Crippen LogP contribution in [-0.4, -0.2) is 27.8 Å². The summed E-state index contributed by atoms with van der Waals surface area (Å²) >= 11 is 6.00. The number of hydrogen-bond acceptors (Lipinski definition) is 6. The standard InChI is InChI=1S/C18H16ClN5O/c1-12(24-25-2)17-10-13(6-8-20-17)16-7-9-21-18(23-16)22-15-5-3-4-14(19)11-15/h3-11H,1-2H3,(H,21,22,23)/b24-12+. The van der Waals surface area contributed by atoms with Gasteiger partial charge in [0.25, 0.3) is 0 Å². The lowest BCUT2D eigenvalue weighted by Gasteiger charge is -2.08. The fourth-order valence-corrected chi connectivity index (χ4v) is 2.44.